The molecule has 170 valence electrons. The number of pyridine rings is 1. The van der Waals surface area contributed by atoms with Gasteiger partial charge in [0, 0.05) is 31.6 Å². The quantitative estimate of drug-likeness (QED) is 0.550. The fraction of sp³-hybridized carbons (Fsp3) is 0.500. The fourth-order valence-electron chi connectivity index (χ4n) is 4.22. The van der Waals surface area contributed by atoms with Crippen LogP contribution in [0.2, 0.25) is 0 Å². The molecule has 2 atom stereocenters. The monoisotopic (exact) mass is 463 g/mol. The van der Waals surface area contributed by atoms with E-state index in [0.717, 1.165) is 36.9 Å². The highest BCUT2D eigenvalue weighted by Gasteiger charge is 2.36. The van der Waals surface area contributed by atoms with Crippen LogP contribution in [0, 0.1) is 6.92 Å². The van der Waals surface area contributed by atoms with Crippen LogP contribution < -0.4 is 10.6 Å². The number of anilines is 1. The van der Waals surface area contributed by atoms with Gasteiger partial charge in [-0.3, -0.25) is 0 Å². The molecular formula is C22H24F3N5OS. The molecule has 1 saturated heterocycles. The van der Waals surface area contributed by atoms with E-state index < -0.39 is 11.7 Å². The summed E-state index contributed by atoms with van der Waals surface area (Å²) in [5.41, 5.74) is 1.21. The lowest BCUT2D eigenvalue weighted by molar-refractivity contribution is -0.136. The SMILES string of the molecule is CO[C@@H]1CNC(CNc2nnc(-c3cc(C)c4cc(C5CC5)cc(C(F)(F)F)c4n3)s2)C1. The largest absolute Gasteiger partial charge is 0.418 e. The van der Waals surface area contributed by atoms with Gasteiger partial charge in [-0.25, -0.2) is 4.98 Å². The third-order valence-electron chi connectivity index (χ3n) is 6.16. The van der Waals surface area contributed by atoms with Gasteiger partial charge in [-0.1, -0.05) is 11.3 Å². The van der Waals surface area contributed by atoms with Crippen molar-refractivity contribution in [2.45, 2.75) is 50.4 Å². The third kappa shape index (κ3) is 4.31. The Balaban J connectivity index is 1.43. The van der Waals surface area contributed by atoms with E-state index in [1.54, 1.807) is 13.2 Å². The van der Waals surface area contributed by atoms with Crippen molar-refractivity contribution in [2.75, 3.05) is 25.5 Å². The number of benzene rings is 1. The molecule has 6 nitrogen and oxygen atoms in total. The molecule has 0 bridgehead atoms. The number of methoxy groups -OCH3 is 1. The lowest BCUT2D eigenvalue weighted by Gasteiger charge is -2.14. The maximum atomic E-state index is 13.9. The van der Waals surface area contributed by atoms with Gasteiger partial charge in [0.15, 0.2) is 5.01 Å². The lowest BCUT2D eigenvalue weighted by Crippen LogP contribution is -2.29. The first-order valence-corrected chi connectivity index (χ1v) is 11.5. The van der Waals surface area contributed by atoms with Gasteiger partial charge in [0.05, 0.1) is 17.2 Å². The van der Waals surface area contributed by atoms with Gasteiger partial charge in [-0.05, 0) is 61.4 Å². The van der Waals surface area contributed by atoms with Crippen LogP contribution in [0.15, 0.2) is 18.2 Å². The number of alkyl halides is 3. The number of rotatable bonds is 6. The van der Waals surface area contributed by atoms with Crippen molar-refractivity contribution in [2.24, 2.45) is 0 Å². The molecule has 2 fully saturated rings. The molecule has 1 saturated carbocycles. The molecule has 10 heteroatoms. The van der Waals surface area contributed by atoms with Gasteiger partial charge in [0.2, 0.25) is 5.13 Å². The maximum absolute atomic E-state index is 13.9. The zero-order valence-electron chi connectivity index (χ0n) is 17.8. The first-order valence-electron chi connectivity index (χ1n) is 10.7. The molecule has 32 heavy (non-hydrogen) atoms. The molecule has 1 aliphatic carbocycles. The van der Waals surface area contributed by atoms with Crippen LogP contribution in [-0.4, -0.2) is 47.5 Å². The highest BCUT2D eigenvalue weighted by atomic mass is 32.1. The van der Waals surface area contributed by atoms with Crippen molar-refractivity contribution < 1.29 is 17.9 Å². The van der Waals surface area contributed by atoms with E-state index in [2.05, 4.69) is 25.8 Å². The second-order valence-electron chi connectivity index (χ2n) is 8.55. The van der Waals surface area contributed by atoms with Crippen molar-refractivity contribution in [1.82, 2.24) is 20.5 Å². The van der Waals surface area contributed by atoms with Crippen molar-refractivity contribution in [3.63, 3.8) is 0 Å². The number of hydrogen-bond donors (Lipinski definition) is 2. The van der Waals surface area contributed by atoms with Gasteiger partial charge in [0.25, 0.3) is 0 Å². The number of fused-ring (bicyclic) bond motifs is 1. The van der Waals surface area contributed by atoms with Crippen molar-refractivity contribution in [1.29, 1.82) is 0 Å². The molecule has 0 spiro atoms. The molecule has 2 N–H and O–H groups in total. The van der Waals surface area contributed by atoms with E-state index in [4.69, 9.17) is 4.74 Å². The topological polar surface area (TPSA) is 72.0 Å². The highest BCUT2D eigenvalue weighted by Crippen LogP contribution is 2.45. The fourth-order valence-corrected chi connectivity index (χ4v) is 4.93. The molecule has 0 radical (unpaired) electrons. The molecule has 1 aliphatic heterocycles. The van der Waals surface area contributed by atoms with Crippen molar-refractivity contribution in [3.05, 3.63) is 34.9 Å². The zero-order chi connectivity index (χ0) is 22.5. The summed E-state index contributed by atoms with van der Waals surface area (Å²) in [6.45, 7) is 3.30. The molecule has 5 rings (SSSR count). The number of ether oxygens (including phenoxy) is 1. The van der Waals surface area contributed by atoms with Crippen LogP contribution >= 0.6 is 11.3 Å². The van der Waals surface area contributed by atoms with Crippen molar-refractivity contribution >= 4 is 27.4 Å². The second kappa shape index (κ2) is 8.24. The smallest absolute Gasteiger partial charge is 0.380 e. The Labute approximate surface area is 187 Å². The molecular weight excluding hydrogens is 439 g/mol. The minimum atomic E-state index is -4.47. The first-order chi connectivity index (χ1) is 15.3. The second-order valence-corrected chi connectivity index (χ2v) is 9.53. The Bertz CT molecular complexity index is 1140. The van der Waals surface area contributed by atoms with E-state index in [1.165, 1.54) is 17.4 Å². The van der Waals surface area contributed by atoms with E-state index in [1.807, 2.05) is 13.0 Å². The minimum absolute atomic E-state index is 0.0256. The van der Waals surface area contributed by atoms with Crippen LogP contribution in [0.3, 0.4) is 0 Å². The molecule has 1 unspecified atom stereocenters. The molecule has 3 heterocycles. The van der Waals surface area contributed by atoms with Crippen molar-refractivity contribution in [3.8, 4) is 10.7 Å². The Morgan fingerprint density at radius 1 is 1.22 bits per heavy atom. The standard InChI is InChI=1S/C22H24F3N5OS/c1-11-5-18(20-29-30-21(32-20)27-9-14-8-15(31-2)10-26-14)28-19-16(11)6-13(12-3-4-12)7-17(19)22(23,24)25/h5-7,12,14-15,26H,3-4,8-10H2,1-2H3,(H,27,30)/t14?,15-/m0/s1. The van der Waals surface area contributed by atoms with Gasteiger partial charge in [0.1, 0.15) is 5.69 Å². The number of aromatic nitrogens is 3. The summed E-state index contributed by atoms with van der Waals surface area (Å²) < 4.78 is 46.9. The van der Waals surface area contributed by atoms with Gasteiger partial charge in [-0.15, -0.1) is 10.2 Å². The number of nitrogens with zero attached hydrogens (tertiary/aromatic N) is 3. The summed E-state index contributed by atoms with van der Waals surface area (Å²) in [5, 5.41) is 16.6. The Kier molecular flexibility index (Phi) is 5.55. The summed E-state index contributed by atoms with van der Waals surface area (Å²) in [6, 6.07) is 5.20. The lowest BCUT2D eigenvalue weighted by atomic mass is 9.98. The molecule has 2 aliphatic rings. The number of aryl methyl sites for hydroxylation is 1. The molecule has 3 aromatic rings. The normalized spacial score (nSPS) is 21.4. The van der Waals surface area contributed by atoms with Gasteiger partial charge < -0.3 is 15.4 Å². The van der Waals surface area contributed by atoms with E-state index >= 15 is 0 Å². The first kappa shape index (κ1) is 21.5. The summed E-state index contributed by atoms with van der Waals surface area (Å²) in [5.74, 6) is 0.227. The Morgan fingerprint density at radius 3 is 2.72 bits per heavy atom. The van der Waals surface area contributed by atoms with Gasteiger partial charge in [-0.2, -0.15) is 13.2 Å². The van der Waals surface area contributed by atoms with E-state index in [9.17, 15) is 13.2 Å². The summed E-state index contributed by atoms with van der Waals surface area (Å²) >= 11 is 1.29. The average molecular weight is 464 g/mol. The number of halogens is 3. The van der Waals surface area contributed by atoms with Crippen LogP contribution in [0.4, 0.5) is 18.3 Å². The third-order valence-corrected chi connectivity index (χ3v) is 7.06. The zero-order valence-corrected chi connectivity index (χ0v) is 18.6. The van der Waals surface area contributed by atoms with Gasteiger partial charge >= 0.3 is 6.18 Å². The van der Waals surface area contributed by atoms with E-state index in [0.29, 0.717) is 27.8 Å². The summed E-state index contributed by atoms with van der Waals surface area (Å²) in [4.78, 5) is 4.40. The summed E-state index contributed by atoms with van der Waals surface area (Å²) in [7, 11) is 1.70. The predicted octanol–water partition coefficient (Wildman–Crippen LogP) is 4.75. The highest BCUT2D eigenvalue weighted by molar-refractivity contribution is 7.18. The minimum Gasteiger partial charge on any atom is -0.380 e. The Morgan fingerprint density at radius 2 is 2.03 bits per heavy atom. The maximum Gasteiger partial charge on any atom is 0.418 e. The van der Waals surface area contributed by atoms with E-state index in [-0.39, 0.29) is 23.6 Å². The number of nitrogens with one attached hydrogen (secondary N) is 2. The van der Waals surface area contributed by atoms with Crippen LogP contribution in [-0.2, 0) is 10.9 Å². The molecule has 1 aromatic carbocycles. The average Bonchev–Trinajstić information content (AvgIpc) is 3.31. The number of hydrogen-bond acceptors (Lipinski definition) is 7. The van der Waals surface area contributed by atoms with Crippen LogP contribution in [0.1, 0.15) is 41.9 Å². The van der Waals surface area contributed by atoms with Crippen LogP contribution in [0.5, 0.6) is 0 Å². The Hall–Kier alpha value is -2.30. The summed E-state index contributed by atoms with van der Waals surface area (Å²) in [6.07, 6.45) is -1.47. The van der Waals surface area contributed by atoms with Crippen LogP contribution in [0.25, 0.3) is 21.6 Å². The molecule has 0 amide bonds. The predicted molar refractivity (Wildman–Crippen MR) is 118 cm³/mol. The molecule has 2 aromatic heterocycles.